The van der Waals surface area contributed by atoms with E-state index in [1.807, 2.05) is 48.8 Å². The molecule has 3 aromatic carbocycles. The maximum absolute atomic E-state index is 13.9. The average molecular weight is 715 g/mol. The summed E-state index contributed by atoms with van der Waals surface area (Å²) in [6, 6.07) is 17.7. The van der Waals surface area contributed by atoms with Gasteiger partial charge in [0.25, 0.3) is 5.91 Å². The van der Waals surface area contributed by atoms with Gasteiger partial charge in [-0.25, -0.2) is 9.37 Å². The van der Waals surface area contributed by atoms with Crippen LogP contribution in [0, 0.1) is 11.7 Å². The molecule has 1 saturated heterocycles. The average Bonchev–Trinajstić information content (AvgIpc) is 3.53. The van der Waals surface area contributed by atoms with E-state index in [4.69, 9.17) is 23.9 Å². The van der Waals surface area contributed by atoms with E-state index in [0.29, 0.717) is 54.9 Å². The fourth-order valence-corrected chi connectivity index (χ4v) is 6.83. The molecule has 10 nitrogen and oxygen atoms in total. The zero-order valence-electron chi connectivity index (χ0n) is 31.2. The Kier molecular flexibility index (Phi) is 13.4. The van der Waals surface area contributed by atoms with Crippen molar-refractivity contribution in [2.24, 2.45) is 5.92 Å². The van der Waals surface area contributed by atoms with Crippen LogP contribution in [0.25, 0.3) is 11.0 Å². The number of benzene rings is 3. The van der Waals surface area contributed by atoms with Gasteiger partial charge in [0, 0.05) is 37.5 Å². The first kappa shape index (κ1) is 38.5. The van der Waals surface area contributed by atoms with E-state index in [1.165, 1.54) is 39.0 Å². The summed E-state index contributed by atoms with van der Waals surface area (Å²) in [6.45, 7) is 8.42. The molecule has 0 N–H and O–H groups in total. The molecule has 1 amide bonds. The minimum atomic E-state index is -0.305. The van der Waals surface area contributed by atoms with Gasteiger partial charge < -0.3 is 33.3 Å². The quantitative estimate of drug-likeness (QED) is 0.0655. The van der Waals surface area contributed by atoms with Crippen LogP contribution in [0.3, 0.4) is 0 Å². The molecule has 0 bridgehead atoms. The topological polar surface area (TPSA) is 95.4 Å². The Morgan fingerprint density at radius 3 is 2.27 bits per heavy atom. The molecule has 0 radical (unpaired) electrons. The summed E-state index contributed by atoms with van der Waals surface area (Å²) in [4.78, 5) is 36.4. The number of ketones is 1. The van der Waals surface area contributed by atoms with Crippen molar-refractivity contribution in [3.63, 3.8) is 0 Å². The lowest BCUT2D eigenvalue weighted by molar-refractivity contribution is 0.0778. The normalized spacial score (nSPS) is 14.2. The van der Waals surface area contributed by atoms with Gasteiger partial charge in [0.15, 0.2) is 17.3 Å². The third-order valence-corrected chi connectivity index (χ3v) is 9.79. The second-order valence-electron chi connectivity index (χ2n) is 13.5. The smallest absolute Gasteiger partial charge is 0.253 e. The van der Waals surface area contributed by atoms with Crippen LogP contribution in [-0.4, -0.2) is 98.8 Å². The molecule has 52 heavy (non-hydrogen) atoms. The predicted octanol–water partition coefficient (Wildman–Crippen LogP) is 7.02. The molecule has 1 atom stereocenters. The zero-order chi connectivity index (χ0) is 37.2. The summed E-state index contributed by atoms with van der Waals surface area (Å²) in [5.74, 6) is 1.13. The molecule has 0 saturated carbocycles. The molecule has 278 valence electrons. The van der Waals surface area contributed by atoms with Gasteiger partial charge in [-0.1, -0.05) is 35.9 Å². The second-order valence-corrected chi connectivity index (χ2v) is 13.5. The number of allylic oxidation sites excluding steroid dienone is 1. The number of carbonyl (C=O) groups is 2. The van der Waals surface area contributed by atoms with Crippen molar-refractivity contribution in [2.45, 2.75) is 45.6 Å². The maximum Gasteiger partial charge on any atom is 0.253 e. The number of ether oxygens (including phenoxy) is 4. The molecular weight excluding hydrogens is 663 g/mol. The van der Waals surface area contributed by atoms with Gasteiger partial charge in [-0.05, 0) is 94.7 Å². The van der Waals surface area contributed by atoms with Crippen LogP contribution < -0.4 is 14.2 Å². The van der Waals surface area contributed by atoms with Gasteiger partial charge in [0.2, 0.25) is 11.5 Å². The molecule has 1 fully saturated rings. The molecule has 1 aliphatic rings. The Hall–Kier alpha value is -4.74. The third-order valence-electron chi connectivity index (χ3n) is 9.79. The Labute approximate surface area is 306 Å². The predicted molar refractivity (Wildman–Crippen MR) is 200 cm³/mol. The Balaban J connectivity index is 1.23. The summed E-state index contributed by atoms with van der Waals surface area (Å²) in [5, 5.41) is 0. The molecule has 1 aromatic heterocycles. The van der Waals surface area contributed by atoms with Crippen LogP contribution in [0.1, 0.15) is 65.6 Å². The Bertz CT molecular complexity index is 1820. The van der Waals surface area contributed by atoms with E-state index in [0.717, 1.165) is 55.5 Å². The van der Waals surface area contributed by atoms with Gasteiger partial charge in [-0.3, -0.25) is 9.59 Å². The highest BCUT2D eigenvalue weighted by Crippen LogP contribution is 2.38. The number of imidazole rings is 1. The number of carbonyl (C=O) groups excluding carboxylic acids is 2. The number of amides is 1. The number of piperidine rings is 1. The van der Waals surface area contributed by atoms with Crippen LogP contribution in [-0.2, 0) is 11.3 Å². The van der Waals surface area contributed by atoms with Gasteiger partial charge >= 0.3 is 0 Å². The van der Waals surface area contributed by atoms with Crippen molar-refractivity contribution in [3.8, 4) is 17.2 Å². The highest BCUT2D eigenvalue weighted by atomic mass is 19.1. The number of likely N-dealkylation sites (tertiary alicyclic amines) is 1. The molecular formula is C41H51FN4O6. The Morgan fingerprint density at radius 2 is 1.63 bits per heavy atom. The number of rotatable bonds is 17. The lowest BCUT2D eigenvalue weighted by Crippen LogP contribution is -2.39. The lowest BCUT2D eigenvalue weighted by atomic mass is 9.90. The monoisotopic (exact) mass is 714 g/mol. The van der Waals surface area contributed by atoms with Crippen LogP contribution in [0.4, 0.5) is 4.39 Å². The van der Waals surface area contributed by atoms with Crippen molar-refractivity contribution < 1.29 is 32.9 Å². The first-order valence-corrected chi connectivity index (χ1v) is 17.9. The van der Waals surface area contributed by atoms with Crippen LogP contribution >= 0.6 is 0 Å². The van der Waals surface area contributed by atoms with Crippen LogP contribution in [0.5, 0.6) is 17.2 Å². The molecule has 2 heterocycles. The van der Waals surface area contributed by atoms with E-state index in [2.05, 4.69) is 4.90 Å². The molecule has 1 aliphatic heterocycles. The fraction of sp³-hybridized carbons (Fsp3) is 0.439. The first-order valence-electron chi connectivity index (χ1n) is 17.9. The molecule has 1 unspecified atom stereocenters. The molecule has 5 rings (SSSR count). The number of aromatic nitrogens is 2. The van der Waals surface area contributed by atoms with Crippen molar-refractivity contribution in [2.75, 3.05) is 67.8 Å². The standard InChI is InChI=1S/C41H51FN4O6/c1-28(2)18-23-52-24-22-46-35-10-8-7-9-34(35)43-40(46)38(47)30-15-19-45(20-16-30)21-17-31(29-11-13-33(42)14-12-29)27-44(3)41(48)32-25-36(49-4)39(51-6)37(26-32)50-5/h7-14,18,25-26,30-31H,15-17,19-24,27H2,1-6H3. The van der Waals surface area contributed by atoms with Crippen LogP contribution in [0.2, 0.25) is 0 Å². The van der Waals surface area contributed by atoms with Gasteiger partial charge in [-0.2, -0.15) is 0 Å². The summed E-state index contributed by atoms with van der Waals surface area (Å²) in [7, 11) is 6.31. The van der Waals surface area contributed by atoms with E-state index >= 15 is 0 Å². The molecule has 0 spiro atoms. The van der Waals surface area contributed by atoms with Crippen molar-refractivity contribution in [1.82, 2.24) is 19.4 Å². The zero-order valence-corrected chi connectivity index (χ0v) is 31.2. The van der Waals surface area contributed by atoms with Gasteiger partial charge in [0.05, 0.1) is 45.6 Å². The SMILES string of the molecule is COc1cc(C(=O)N(C)CC(CCN2CCC(C(=O)c3nc4ccccc4n3CCOCC=C(C)C)CC2)c2ccc(F)cc2)cc(OC)c1OC. The number of para-hydroxylation sites is 2. The van der Waals surface area contributed by atoms with Gasteiger partial charge in [0.1, 0.15) is 5.82 Å². The van der Waals surface area contributed by atoms with Crippen molar-refractivity contribution >= 4 is 22.7 Å². The molecule has 4 aromatic rings. The summed E-state index contributed by atoms with van der Waals surface area (Å²) >= 11 is 0. The fourth-order valence-electron chi connectivity index (χ4n) is 6.83. The number of methoxy groups -OCH3 is 3. The largest absolute Gasteiger partial charge is 0.493 e. The summed E-state index contributed by atoms with van der Waals surface area (Å²) in [5.41, 5.74) is 4.32. The highest BCUT2D eigenvalue weighted by Gasteiger charge is 2.30. The number of likely N-dealkylation sites (N-methyl/N-ethyl adjacent to an activating group) is 1. The number of halogens is 1. The number of nitrogens with zero attached hydrogens (tertiary/aromatic N) is 4. The Morgan fingerprint density at radius 1 is 0.962 bits per heavy atom. The van der Waals surface area contributed by atoms with E-state index in [9.17, 15) is 14.0 Å². The van der Waals surface area contributed by atoms with Crippen molar-refractivity contribution in [1.29, 1.82) is 0 Å². The molecule has 11 heteroatoms. The number of hydrogen-bond donors (Lipinski definition) is 0. The van der Waals surface area contributed by atoms with Crippen molar-refractivity contribution in [3.05, 3.63) is 95.1 Å². The lowest BCUT2D eigenvalue weighted by Gasteiger charge is -2.33. The summed E-state index contributed by atoms with van der Waals surface area (Å²) in [6.07, 6.45) is 4.27. The third kappa shape index (κ3) is 9.37. The minimum Gasteiger partial charge on any atom is -0.493 e. The number of Topliss-reactive ketones (excluding diaryl/α,β-unsaturated/α-hetero) is 1. The van der Waals surface area contributed by atoms with Gasteiger partial charge in [-0.15, -0.1) is 0 Å². The van der Waals surface area contributed by atoms with E-state index in [-0.39, 0.29) is 29.3 Å². The van der Waals surface area contributed by atoms with Crippen LogP contribution in [0.15, 0.2) is 72.3 Å². The number of fused-ring (bicyclic) bond motifs is 1. The minimum absolute atomic E-state index is 0.0465. The van der Waals surface area contributed by atoms with E-state index < -0.39 is 0 Å². The highest BCUT2D eigenvalue weighted by molar-refractivity contribution is 5.98. The summed E-state index contributed by atoms with van der Waals surface area (Å²) < 4.78 is 38.1. The van der Waals surface area contributed by atoms with E-state index in [1.54, 1.807) is 36.2 Å². The maximum atomic E-state index is 13.9. The molecule has 0 aliphatic carbocycles. The first-order chi connectivity index (χ1) is 25.1. The second kappa shape index (κ2) is 18.1. The number of hydrogen-bond acceptors (Lipinski definition) is 8.